The summed E-state index contributed by atoms with van der Waals surface area (Å²) >= 11 is 1.76. The van der Waals surface area contributed by atoms with Crippen molar-refractivity contribution in [2.45, 2.75) is 43.7 Å². The second kappa shape index (κ2) is 7.84. The Kier molecular flexibility index (Phi) is 5.56. The van der Waals surface area contributed by atoms with E-state index in [0.717, 1.165) is 37.5 Å². The van der Waals surface area contributed by atoms with E-state index in [2.05, 4.69) is 22.5 Å². The summed E-state index contributed by atoms with van der Waals surface area (Å²) in [5.41, 5.74) is 0.0294. The Bertz CT molecular complexity index is 674. The zero-order valence-electron chi connectivity index (χ0n) is 13.6. The summed E-state index contributed by atoms with van der Waals surface area (Å²) in [4.78, 5) is 13.8. The fourth-order valence-electron chi connectivity index (χ4n) is 3.04. The molecule has 23 heavy (non-hydrogen) atoms. The van der Waals surface area contributed by atoms with Gasteiger partial charge in [0.2, 0.25) is 0 Å². The van der Waals surface area contributed by atoms with Crippen LogP contribution >= 0.6 is 11.8 Å². The molecule has 0 radical (unpaired) electrons. The lowest BCUT2D eigenvalue weighted by atomic mass is 9.99. The Balaban J connectivity index is 1.69. The van der Waals surface area contributed by atoms with Crippen LogP contribution in [0.2, 0.25) is 0 Å². The van der Waals surface area contributed by atoms with E-state index in [1.54, 1.807) is 16.4 Å². The van der Waals surface area contributed by atoms with E-state index in [-0.39, 0.29) is 5.69 Å². The predicted octanol–water partition coefficient (Wildman–Crippen LogP) is 2.32. The fourth-order valence-corrected chi connectivity index (χ4v) is 3.89. The van der Waals surface area contributed by atoms with E-state index in [9.17, 15) is 4.79 Å². The molecular weight excluding hydrogens is 308 g/mol. The number of piperidine rings is 1. The van der Waals surface area contributed by atoms with Crippen molar-refractivity contribution in [1.29, 1.82) is 0 Å². The smallest absolute Gasteiger partial charge is 0.316 e. The number of rotatable bonds is 6. The molecule has 1 fully saturated rings. The van der Waals surface area contributed by atoms with Crippen LogP contribution in [0.1, 0.15) is 31.5 Å². The van der Waals surface area contributed by atoms with Crippen molar-refractivity contribution in [3.8, 4) is 0 Å². The number of nitrogens with zero attached hydrogens (tertiary/aromatic N) is 3. The highest BCUT2D eigenvalue weighted by Gasteiger charge is 2.23. The molecule has 1 aromatic carbocycles. The van der Waals surface area contributed by atoms with Crippen molar-refractivity contribution in [2.24, 2.45) is 0 Å². The third kappa shape index (κ3) is 3.87. The predicted molar refractivity (Wildman–Crippen MR) is 94.2 cm³/mol. The first-order valence-electron chi connectivity index (χ1n) is 8.35. The summed E-state index contributed by atoms with van der Waals surface area (Å²) in [6, 6.07) is 10.3. The van der Waals surface area contributed by atoms with Gasteiger partial charge in [0, 0.05) is 29.7 Å². The number of hydrogen-bond donors (Lipinski definition) is 1. The molecule has 0 unspecified atom stereocenters. The summed E-state index contributed by atoms with van der Waals surface area (Å²) in [7, 11) is 0. The van der Waals surface area contributed by atoms with Gasteiger partial charge in [-0.1, -0.05) is 18.2 Å². The Labute approximate surface area is 141 Å². The van der Waals surface area contributed by atoms with E-state index >= 15 is 0 Å². The van der Waals surface area contributed by atoms with E-state index in [1.807, 2.05) is 29.7 Å². The van der Waals surface area contributed by atoms with Crippen LogP contribution < -0.4 is 11.0 Å². The van der Waals surface area contributed by atoms with Gasteiger partial charge in [-0.05, 0) is 38.4 Å². The minimum atomic E-state index is 0.0294. The minimum absolute atomic E-state index is 0.0294. The molecule has 2 heterocycles. The molecule has 0 saturated carbocycles. The van der Waals surface area contributed by atoms with E-state index in [1.165, 1.54) is 4.90 Å². The van der Waals surface area contributed by atoms with Crippen molar-refractivity contribution < 1.29 is 0 Å². The topological polar surface area (TPSA) is 51.9 Å². The van der Waals surface area contributed by atoms with Gasteiger partial charge in [0.05, 0.1) is 6.54 Å². The van der Waals surface area contributed by atoms with Gasteiger partial charge in [-0.25, -0.2) is 9.48 Å². The van der Waals surface area contributed by atoms with Gasteiger partial charge < -0.3 is 5.32 Å². The molecule has 1 aliphatic heterocycles. The summed E-state index contributed by atoms with van der Waals surface area (Å²) < 4.78 is 3.48. The molecule has 3 rings (SSSR count). The van der Waals surface area contributed by atoms with Crippen molar-refractivity contribution in [3.05, 3.63) is 46.6 Å². The van der Waals surface area contributed by atoms with Crippen LogP contribution in [-0.4, -0.2) is 33.2 Å². The molecule has 6 heteroatoms. The summed E-state index contributed by atoms with van der Waals surface area (Å²) in [6.07, 6.45) is 2.27. The summed E-state index contributed by atoms with van der Waals surface area (Å²) in [6.45, 7) is 5.36. The van der Waals surface area contributed by atoms with Crippen LogP contribution in [-0.2, 0) is 13.1 Å². The van der Waals surface area contributed by atoms with E-state index in [4.69, 9.17) is 0 Å². The second-order valence-electron chi connectivity index (χ2n) is 5.81. The molecule has 1 aliphatic rings. The highest BCUT2D eigenvalue weighted by molar-refractivity contribution is 7.99. The summed E-state index contributed by atoms with van der Waals surface area (Å²) in [5.74, 6) is 2.17. The SMILES string of the molecule is CCn1c([C@H]2CCCNC2)nn(CCSc2ccccc2)c1=O. The molecule has 2 aromatic rings. The Morgan fingerprint density at radius 2 is 2.17 bits per heavy atom. The lowest BCUT2D eigenvalue weighted by molar-refractivity contribution is 0.431. The number of benzene rings is 1. The third-order valence-electron chi connectivity index (χ3n) is 4.24. The molecular formula is C17H24N4OS. The fraction of sp³-hybridized carbons (Fsp3) is 0.529. The first-order chi connectivity index (χ1) is 11.3. The highest BCUT2D eigenvalue weighted by atomic mass is 32.2. The molecule has 5 nitrogen and oxygen atoms in total. The zero-order chi connectivity index (χ0) is 16.1. The molecule has 1 atom stereocenters. The molecule has 1 saturated heterocycles. The molecule has 0 bridgehead atoms. The van der Waals surface area contributed by atoms with Gasteiger partial charge in [0.25, 0.3) is 0 Å². The van der Waals surface area contributed by atoms with Gasteiger partial charge >= 0.3 is 5.69 Å². The molecule has 0 aliphatic carbocycles. The van der Waals surface area contributed by atoms with Gasteiger partial charge in [0.15, 0.2) is 0 Å². The molecule has 1 aromatic heterocycles. The van der Waals surface area contributed by atoms with Crippen LogP contribution in [0, 0.1) is 0 Å². The van der Waals surface area contributed by atoms with Crippen molar-refractivity contribution in [2.75, 3.05) is 18.8 Å². The largest absolute Gasteiger partial charge is 0.345 e. The number of nitrogens with one attached hydrogen (secondary N) is 1. The highest BCUT2D eigenvalue weighted by Crippen LogP contribution is 2.21. The molecule has 124 valence electrons. The number of aryl methyl sites for hydroxylation is 1. The number of aromatic nitrogens is 3. The Morgan fingerprint density at radius 1 is 1.35 bits per heavy atom. The van der Waals surface area contributed by atoms with Crippen LogP contribution in [0.3, 0.4) is 0 Å². The number of hydrogen-bond acceptors (Lipinski definition) is 4. The molecule has 1 N–H and O–H groups in total. The van der Waals surface area contributed by atoms with Crippen molar-refractivity contribution in [3.63, 3.8) is 0 Å². The van der Waals surface area contributed by atoms with Crippen molar-refractivity contribution in [1.82, 2.24) is 19.7 Å². The van der Waals surface area contributed by atoms with Gasteiger partial charge in [-0.3, -0.25) is 4.57 Å². The van der Waals surface area contributed by atoms with Gasteiger partial charge in [0.1, 0.15) is 5.82 Å². The van der Waals surface area contributed by atoms with Crippen molar-refractivity contribution >= 4 is 11.8 Å². The second-order valence-corrected chi connectivity index (χ2v) is 6.98. The monoisotopic (exact) mass is 332 g/mol. The van der Waals surface area contributed by atoms with Gasteiger partial charge in [-0.15, -0.1) is 11.8 Å². The van der Waals surface area contributed by atoms with Gasteiger partial charge in [-0.2, -0.15) is 5.10 Å². The quantitative estimate of drug-likeness (QED) is 0.825. The maximum atomic E-state index is 12.5. The lowest BCUT2D eigenvalue weighted by Crippen LogP contribution is -2.31. The van der Waals surface area contributed by atoms with E-state index < -0.39 is 0 Å². The summed E-state index contributed by atoms with van der Waals surface area (Å²) in [5, 5.41) is 8.06. The Hall–Kier alpha value is -1.53. The Morgan fingerprint density at radius 3 is 2.87 bits per heavy atom. The van der Waals surface area contributed by atoms with Crippen LogP contribution in [0.15, 0.2) is 40.0 Å². The van der Waals surface area contributed by atoms with Crippen LogP contribution in [0.4, 0.5) is 0 Å². The zero-order valence-corrected chi connectivity index (χ0v) is 14.4. The minimum Gasteiger partial charge on any atom is -0.316 e. The molecule has 0 amide bonds. The normalized spacial score (nSPS) is 18.2. The average molecular weight is 332 g/mol. The third-order valence-corrected chi connectivity index (χ3v) is 5.24. The maximum absolute atomic E-state index is 12.5. The van der Waals surface area contributed by atoms with Crippen LogP contribution in [0.5, 0.6) is 0 Å². The molecule has 0 spiro atoms. The number of thioether (sulfide) groups is 1. The standard InChI is InChI=1S/C17H24N4OS/c1-2-20-16(14-7-6-10-18-13-14)19-21(17(20)22)11-12-23-15-8-4-3-5-9-15/h3-5,8-9,14,18H,2,6-7,10-13H2,1H3/t14-/m0/s1. The lowest BCUT2D eigenvalue weighted by Gasteiger charge is -2.21. The van der Waals surface area contributed by atoms with E-state index in [0.29, 0.717) is 19.0 Å². The first kappa shape index (κ1) is 16.3. The van der Waals surface area contributed by atoms with Crippen LogP contribution in [0.25, 0.3) is 0 Å². The first-order valence-corrected chi connectivity index (χ1v) is 9.34. The average Bonchev–Trinajstić information content (AvgIpc) is 2.93. The maximum Gasteiger partial charge on any atom is 0.345 e.